The molecule has 0 amide bonds. The molecule has 0 unspecified atom stereocenters. The van der Waals surface area contributed by atoms with Gasteiger partial charge >= 0.3 is 0 Å². The zero-order chi connectivity index (χ0) is 45.2. The molecule has 3 saturated heterocycles. The Labute approximate surface area is 363 Å². The van der Waals surface area contributed by atoms with Crippen LogP contribution in [0.25, 0.3) is 0 Å². The summed E-state index contributed by atoms with van der Waals surface area (Å²) in [7, 11) is 0. The van der Waals surface area contributed by atoms with Crippen molar-refractivity contribution in [2.45, 2.75) is 198 Å². The highest BCUT2D eigenvalue weighted by molar-refractivity contribution is 6.08. The molecular weight excluding hydrogens is 812 g/mol. The molecule has 17 nitrogen and oxygen atoms in total. The lowest BCUT2D eigenvalue weighted by molar-refractivity contribution is -0.392. The van der Waals surface area contributed by atoms with E-state index >= 15 is 0 Å². The van der Waals surface area contributed by atoms with Gasteiger partial charge in [0.15, 0.2) is 30.4 Å². The van der Waals surface area contributed by atoms with Crippen LogP contribution in [0.15, 0.2) is 22.8 Å². The summed E-state index contributed by atoms with van der Waals surface area (Å²) in [6.07, 6.45) is -14.9. The van der Waals surface area contributed by atoms with E-state index in [2.05, 4.69) is 19.9 Å². The Kier molecular flexibility index (Phi) is 14.6. The number of hydrogen-bond acceptors (Lipinski definition) is 17. The lowest BCUT2D eigenvalue weighted by Crippen LogP contribution is -2.67. The van der Waals surface area contributed by atoms with Gasteiger partial charge < -0.3 is 74.4 Å². The van der Waals surface area contributed by atoms with Crippen LogP contribution in [0.3, 0.4) is 0 Å². The molecule has 17 heteroatoms. The van der Waals surface area contributed by atoms with Gasteiger partial charge in [-0.2, -0.15) is 0 Å². The molecule has 3 heterocycles. The summed E-state index contributed by atoms with van der Waals surface area (Å²) in [5, 5.41) is 95.1. The van der Waals surface area contributed by atoms with Gasteiger partial charge in [-0.25, -0.2) is 0 Å². The fourth-order valence-electron chi connectivity index (χ4n) is 12.0. The number of carbonyl (C=O) groups excluding carboxylic acids is 2. The first-order valence-electron chi connectivity index (χ1n) is 22.7. The SMILES string of the molecule is C/C(C(=O)CC[C@@H](C)CO)=C1/C(=O)C[C@H]2[C@@H]3CCC4=C[C@@H](O[C@@H]5O[C@H](CO)[C@@H](O)[C@H](O[C@@H]6O[C@@H](C)[C@H](O)[C@@H](O)[C@H]6O)[C@H]5O[C@@H]5O[C@@H](C)[C@H](O)[C@@H](O)[C@H]5O)CC[C@]4(C)[C@H]3CC[C@]12C. The monoisotopic (exact) mass is 882 g/mol. The zero-order valence-corrected chi connectivity index (χ0v) is 36.7. The summed E-state index contributed by atoms with van der Waals surface area (Å²) < 4.78 is 36.6. The van der Waals surface area contributed by atoms with Crippen LogP contribution in [0.1, 0.15) is 99.3 Å². The molecule has 0 aromatic carbocycles. The Bertz CT molecular complexity index is 1690. The maximum atomic E-state index is 13.8. The molecule has 9 N–H and O–H groups in total. The van der Waals surface area contributed by atoms with E-state index in [1.807, 2.05) is 6.92 Å². The number of allylic oxidation sites excluding steroid dienone is 3. The maximum absolute atomic E-state index is 13.8. The molecule has 0 aromatic heterocycles. The highest BCUT2D eigenvalue weighted by Crippen LogP contribution is 2.66. The molecule has 4 aliphatic carbocycles. The average molecular weight is 883 g/mol. The van der Waals surface area contributed by atoms with E-state index < -0.39 is 110 Å². The van der Waals surface area contributed by atoms with E-state index in [1.165, 1.54) is 19.4 Å². The zero-order valence-electron chi connectivity index (χ0n) is 36.7. The van der Waals surface area contributed by atoms with E-state index in [4.69, 9.17) is 28.4 Å². The maximum Gasteiger partial charge on any atom is 0.187 e. The number of Topliss-reactive ketones (excluding diaryl/α,β-unsaturated/α-hetero) is 2. The van der Waals surface area contributed by atoms with Crippen molar-refractivity contribution in [3.8, 4) is 0 Å². The second kappa shape index (κ2) is 18.8. The van der Waals surface area contributed by atoms with Gasteiger partial charge in [-0.15, -0.1) is 0 Å². The van der Waals surface area contributed by atoms with Crippen LogP contribution in [-0.4, -0.2) is 169 Å². The Morgan fingerprint density at radius 3 is 1.95 bits per heavy atom. The van der Waals surface area contributed by atoms with Crippen LogP contribution in [0.2, 0.25) is 0 Å². The van der Waals surface area contributed by atoms with Gasteiger partial charge in [0.1, 0.15) is 61.0 Å². The van der Waals surface area contributed by atoms with Crippen LogP contribution in [0.4, 0.5) is 0 Å². The van der Waals surface area contributed by atoms with Crippen molar-refractivity contribution < 1.29 is 84.0 Å². The summed E-state index contributed by atoms with van der Waals surface area (Å²) in [4.78, 5) is 27.2. The van der Waals surface area contributed by atoms with E-state index in [0.717, 1.165) is 32.1 Å². The number of hydrogen-bond donors (Lipinski definition) is 9. The molecule has 7 rings (SSSR count). The van der Waals surface area contributed by atoms with Gasteiger partial charge in [-0.05, 0) is 106 Å². The predicted octanol–water partition coefficient (Wildman–Crippen LogP) is 0.311. The number of ketones is 2. The lowest BCUT2D eigenvalue weighted by atomic mass is 9.47. The summed E-state index contributed by atoms with van der Waals surface area (Å²) >= 11 is 0. The van der Waals surface area contributed by atoms with Crippen LogP contribution in [-0.2, 0) is 38.0 Å². The Morgan fingerprint density at radius 2 is 1.35 bits per heavy atom. The van der Waals surface area contributed by atoms with E-state index in [0.29, 0.717) is 36.8 Å². The molecule has 352 valence electrons. The highest BCUT2D eigenvalue weighted by Gasteiger charge is 2.61. The molecule has 3 saturated carbocycles. The molecule has 0 radical (unpaired) electrons. The molecule has 0 spiro atoms. The summed E-state index contributed by atoms with van der Waals surface area (Å²) in [6.45, 7) is 10.4. The Morgan fingerprint density at radius 1 is 0.758 bits per heavy atom. The molecular formula is C45H70O17. The minimum atomic E-state index is -1.77. The van der Waals surface area contributed by atoms with Gasteiger partial charge in [0.05, 0.1) is 24.9 Å². The van der Waals surface area contributed by atoms with Crippen molar-refractivity contribution in [3.05, 3.63) is 22.8 Å². The van der Waals surface area contributed by atoms with Crippen LogP contribution < -0.4 is 0 Å². The van der Waals surface area contributed by atoms with Gasteiger partial charge in [-0.1, -0.05) is 32.4 Å². The van der Waals surface area contributed by atoms with Crippen molar-refractivity contribution in [1.29, 1.82) is 0 Å². The highest BCUT2D eigenvalue weighted by atomic mass is 16.8. The number of aliphatic hydroxyl groups is 9. The third-order valence-corrected chi connectivity index (χ3v) is 16.0. The topological polar surface area (TPSA) is 272 Å². The van der Waals surface area contributed by atoms with Crippen molar-refractivity contribution >= 4 is 11.6 Å². The summed E-state index contributed by atoms with van der Waals surface area (Å²) in [5.74, 6) is 0.728. The minimum Gasteiger partial charge on any atom is -0.396 e. The standard InChI is InChI=1S/C45H70O17/c1-19(17-46)7-10-28(48)20(2)31-29(49)16-27-25-9-8-23-15-24(11-13-44(23,5)26(25)12-14-45(27,31)6)59-43-40(62-42-38(56)36(54)33(51)22(4)58-42)39(34(52)30(18-47)60-43)61-41-37(55)35(53)32(50)21(3)57-41/h15,19,21-22,24-27,30,32-43,46-47,50-56H,7-14,16-18H2,1-6H3/b31-20+/t19-,21+,22+,24+,25-,26+,27+,30-,32+,33+,34-,35-,36-,37-,38-,39+,40-,41+,42+,43-,44+,45+/m1/s1. The molecule has 3 aliphatic heterocycles. The third-order valence-electron chi connectivity index (χ3n) is 16.0. The van der Waals surface area contributed by atoms with Crippen LogP contribution in [0, 0.1) is 34.5 Å². The first-order valence-corrected chi connectivity index (χ1v) is 22.7. The number of ether oxygens (including phenoxy) is 6. The molecule has 0 aromatic rings. The Balaban J connectivity index is 1.12. The molecule has 7 aliphatic rings. The van der Waals surface area contributed by atoms with Crippen LogP contribution in [0.5, 0.6) is 0 Å². The predicted molar refractivity (Wildman–Crippen MR) is 216 cm³/mol. The fourth-order valence-corrected chi connectivity index (χ4v) is 12.0. The second-order valence-corrected chi connectivity index (χ2v) is 19.9. The molecule has 62 heavy (non-hydrogen) atoms. The summed E-state index contributed by atoms with van der Waals surface area (Å²) in [6, 6.07) is 0. The number of carbonyl (C=O) groups is 2. The minimum absolute atomic E-state index is 0.00878. The third kappa shape index (κ3) is 8.68. The van der Waals surface area contributed by atoms with Gasteiger partial charge in [0.2, 0.25) is 0 Å². The second-order valence-electron chi connectivity index (χ2n) is 19.9. The largest absolute Gasteiger partial charge is 0.396 e. The first-order chi connectivity index (χ1) is 29.2. The van der Waals surface area contributed by atoms with Crippen molar-refractivity contribution in [2.75, 3.05) is 13.2 Å². The average Bonchev–Trinajstić information content (AvgIpc) is 3.52. The normalized spacial score (nSPS) is 49.6. The van der Waals surface area contributed by atoms with Crippen molar-refractivity contribution in [1.82, 2.24) is 0 Å². The Hall–Kier alpha value is -1.78. The van der Waals surface area contributed by atoms with E-state index in [-0.39, 0.29) is 47.3 Å². The fraction of sp³-hybridized carbons (Fsp3) is 0.867. The van der Waals surface area contributed by atoms with Crippen molar-refractivity contribution in [3.63, 3.8) is 0 Å². The van der Waals surface area contributed by atoms with Gasteiger partial charge in [-0.3, -0.25) is 9.59 Å². The van der Waals surface area contributed by atoms with Gasteiger partial charge in [0.25, 0.3) is 0 Å². The summed E-state index contributed by atoms with van der Waals surface area (Å²) in [5.41, 5.74) is 1.88. The molecule has 22 atom stereocenters. The first kappa shape index (κ1) is 48.2. The van der Waals surface area contributed by atoms with E-state index in [9.17, 15) is 55.5 Å². The smallest absolute Gasteiger partial charge is 0.187 e. The van der Waals surface area contributed by atoms with Crippen LogP contribution >= 0.6 is 0 Å². The lowest BCUT2D eigenvalue weighted by Gasteiger charge is -2.58. The van der Waals surface area contributed by atoms with Gasteiger partial charge in [0, 0.05) is 25.0 Å². The van der Waals surface area contributed by atoms with E-state index in [1.54, 1.807) is 6.92 Å². The number of rotatable bonds is 12. The molecule has 0 bridgehead atoms. The number of aliphatic hydroxyl groups excluding tert-OH is 9. The van der Waals surface area contributed by atoms with Crippen molar-refractivity contribution in [2.24, 2.45) is 34.5 Å². The number of fused-ring (bicyclic) bond motifs is 5. The quantitative estimate of drug-likeness (QED) is 0.0943. The molecule has 6 fully saturated rings.